The fourth-order valence-corrected chi connectivity index (χ4v) is 1.68. The Bertz CT molecular complexity index is 323. The summed E-state index contributed by atoms with van der Waals surface area (Å²) in [6.07, 6.45) is 4.31. The average Bonchev–Trinajstić information content (AvgIpc) is 2.39. The molecule has 0 aliphatic heterocycles. The first-order chi connectivity index (χ1) is 6.59. The molecule has 6 heteroatoms. The van der Waals surface area contributed by atoms with Gasteiger partial charge in [-0.15, -0.1) is 0 Å². The zero-order valence-electron chi connectivity index (χ0n) is 8.49. The Hall–Kier alpha value is -1.04. The summed E-state index contributed by atoms with van der Waals surface area (Å²) in [4.78, 5) is 0. The number of rotatable bonds is 5. The number of nitrogens with two attached hydrogens (primary N) is 1. The number of aryl methyl sites for hydroxylation is 1. The summed E-state index contributed by atoms with van der Waals surface area (Å²) in [5, 5.41) is 7.23. The third-order valence-corrected chi connectivity index (χ3v) is 2.62. The molecule has 1 rings (SSSR count). The lowest BCUT2D eigenvalue weighted by atomic mass is 10.4. The molecular formula is C8H16N4OS. The fourth-order valence-electron chi connectivity index (χ4n) is 1.13. The van der Waals surface area contributed by atoms with Gasteiger partial charge >= 0.3 is 0 Å². The molecule has 1 atom stereocenters. The van der Waals surface area contributed by atoms with Gasteiger partial charge in [-0.2, -0.15) is 5.10 Å². The van der Waals surface area contributed by atoms with Gasteiger partial charge in [0.05, 0.1) is 5.69 Å². The van der Waals surface area contributed by atoms with Crippen LogP contribution in [-0.4, -0.2) is 32.5 Å². The molecule has 5 nitrogen and oxygen atoms in total. The van der Waals surface area contributed by atoms with Crippen molar-refractivity contribution < 1.29 is 4.21 Å². The Balaban J connectivity index is 2.31. The zero-order chi connectivity index (χ0) is 10.6. The first-order valence-corrected chi connectivity index (χ1v) is 6.15. The number of nitrogens with one attached hydrogen (secondary N) is 1. The summed E-state index contributed by atoms with van der Waals surface area (Å²) in [6.45, 7) is 0.751. The van der Waals surface area contributed by atoms with Crippen LogP contribution < -0.4 is 11.1 Å². The SMILES string of the molecule is Cn1cc(N)c(NCCCS(C)=O)n1. The molecule has 0 fully saturated rings. The van der Waals surface area contributed by atoms with Crippen LogP contribution in [0.3, 0.4) is 0 Å². The second kappa shape index (κ2) is 4.99. The van der Waals surface area contributed by atoms with Crippen molar-refractivity contribution in [3.8, 4) is 0 Å². The van der Waals surface area contributed by atoms with E-state index in [9.17, 15) is 4.21 Å². The summed E-state index contributed by atoms with van der Waals surface area (Å²) >= 11 is 0. The van der Waals surface area contributed by atoms with E-state index < -0.39 is 10.8 Å². The van der Waals surface area contributed by atoms with Crippen LogP contribution in [0.2, 0.25) is 0 Å². The summed E-state index contributed by atoms with van der Waals surface area (Å²) in [7, 11) is 1.10. The zero-order valence-corrected chi connectivity index (χ0v) is 9.30. The molecule has 0 aliphatic rings. The van der Waals surface area contributed by atoms with Crippen molar-refractivity contribution in [3.05, 3.63) is 6.20 Å². The fraction of sp³-hybridized carbons (Fsp3) is 0.625. The predicted molar refractivity (Wildman–Crippen MR) is 59.7 cm³/mol. The maximum atomic E-state index is 10.8. The highest BCUT2D eigenvalue weighted by atomic mass is 32.2. The largest absolute Gasteiger partial charge is 0.394 e. The molecule has 3 N–H and O–H groups in total. The lowest BCUT2D eigenvalue weighted by Crippen LogP contribution is -2.07. The minimum absolute atomic E-state index is 0.644. The second-order valence-corrected chi connectivity index (χ2v) is 4.72. The van der Waals surface area contributed by atoms with Gasteiger partial charge in [-0.3, -0.25) is 8.89 Å². The second-order valence-electron chi connectivity index (χ2n) is 3.16. The molecule has 0 aliphatic carbocycles. The van der Waals surface area contributed by atoms with Crippen LogP contribution in [0, 0.1) is 0 Å². The van der Waals surface area contributed by atoms with Crippen LogP contribution in [0.15, 0.2) is 6.20 Å². The molecular weight excluding hydrogens is 200 g/mol. The van der Waals surface area contributed by atoms with Crippen molar-refractivity contribution in [2.75, 3.05) is 29.6 Å². The van der Waals surface area contributed by atoms with E-state index in [0.29, 0.717) is 17.3 Å². The molecule has 0 saturated carbocycles. The number of anilines is 2. The summed E-state index contributed by atoms with van der Waals surface area (Å²) in [5.74, 6) is 1.41. The Labute approximate surface area is 86.1 Å². The van der Waals surface area contributed by atoms with Crippen molar-refractivity contribution in [2.45, 2.75) is 6.42 Å². The highest BCUT2D eigenvalue weighted by molar-refractivity contribution is 7.84. The molecule has 1 unspecified atom stereocenters. The van der Waals surface area contributed by atoms with Gasteiger partial charge in [0.25, 0.3) is 0 Å². The molecule has 14 heavy (non-hydrogen) atoms. The van der Waals surface area contributed by atoms with Gasteiger partial charge in [-0.05, 0) is 6.42 Å². The Morgan fingerprint density at radius 3 is 2.93 bits per heavy atom. The van der Waals surface area contributed by atoms with Gasteiger partial charge < -0.3 is 11.1 Å². The van der Waals surface area contributed by atoms with E-state index in [2.05, 4.69) is 10.4 Å². The minimum atomic E-state index is -0.720. The molecule has 1 aromatic rings. The molecule has 0 bridgehead atoms. The molecule has 0 aromatic carbocycles. The van der Waals surface area contributed by atoms with E-state index in [1.54, 1.807) is 17.1 Å². The summed E-state index contributed by atoms with van der Waals surface area (Å²) in [6, 6.07) is 0. The highest BCUT2D eigenvalue weighted by Crippen LogP contribution is 2.13. The number of hydrogen-bond donors (Lipinski definition) is 2. The molecule has 80 valence electrons. The first-order valence-electron chi connectivity index (χ1n) is 4.42. The van der Waals surface area contributed by atoms with Crippen molar-refractivity contribution >= 4 is 22.3 Å². The number of nitrogen functional groups attached to an aromatic ring is 1. The topological polar surface area (TPSA) is 72.9 Å². The summed E-state index contributed by atoms with van der Waals surface area (Å²) < 4.78 is 12.4. The van der Waals surface area contributed by atoms with Crippen LogP contribution in [-0.2, 0) is 17.8 Å². The lowest BCUT2D eigenvalue weighted by Gasteiger charge is -2.02. The van der Waals surface area contributed by atoms with E-state index >= 15 is 0 Å². The minimum Gasteiger partial charge on any atom is -0.394 e. The Morgan fingerprint density at radius 2 is 2.43 bits per heavy atom. The third-order valence-electron chi connectivity index (χ3n) is 1.76. The van der Waals surface area contributed by atoms with E-state index in [0.717, 1.165) is 13.0 Å². The van der Waals surface area contributed by atoms with Gasteiger partial charge in [0.1, 0.15) is 0 Å². The molecule has 0 radical (unpaired) electrons. The first kappa shape index (κ1) is 11.0. The van der Waals surface area contributed by atoms with Gasteiger partial charge in [0.15, 0.2) is 5.82 Å². The maximum Gasteiger partial charge on any atom is 0.171 e. The smallest absolute Gasteiger partial charge is 0.171 e. The van der Waals surface area contributed by atoms with Crippen LogP contribution in [0.4, 0.5) is 11.5 Å². The van der Waals surface area contributed by atoms with Crippen LogP contribution in [0.25, 0.3) is 0 Å². The van der Waals surface area contributed by atoms with Crippen molar-refractivity contribution in [1.82, 2.24) is 9.78 Å². The number of hydrogen-bond acceptors (Lipinski definition) is 4. The maximum absolute atomic E-state index is 10.8. The average molecular weight is 216 g/mol. The van der Waals surface area contributed by atoms with Gasteiger partial charge in [0, 0.05) is 42.6 Å². The normalized spacial score (nSPS) is 12.7. The number of nitrogens with zero attached hydrogens (tertiary/aromatic N) is 2. The molecule has 1 heterocycles. The Morgan fingerprint density at radius 1 is 1.71 bits per heavy atom. The van der Waals surface area contributed by atoms with Gasteiger partial charge in [-0.25, -0.2) is 0 Å². The molecule has 0 amide bonds. The molecule has 1 aromatic heterocycles. The van der Waals surface area contributed by atoms with E-state index in [-0.39, 0.29) is 0 Å². The highest BCUT2D eigenvalue weighted by Gasteiger charge is 2.02. The van der Waals surface area contributed by atoms with Crippen molar-refractivity contribution in [3.63, 3.8) is 0 Å². The summed E-state index contributed by atoms with van der Waals surface area (Å²) in [5.41, 5.74) is 6.32. The van der Waals surface area contributed by atoms with Crippen molar-refractivity contribution in [1.29, 1.82) is 0 Å². The van der Waals surface area contributed by atoms with Crippen molar-refractivity contribution in [2.24, 2.45) is 7.05 Å². The number of aromatic nitrogens is 2. The molecule has 0 saturated heterocycles. The standard InChI is InChI=1S/C8H16N4OS/c1-12-6-7(9)8(11-12)10-4-3-5-14(2)13/h6H,3-5,9H2,1-2H3,(H,10,11). The van der Waals surface area contributed by atoms with Crippen LogP contribution in [0.1, 0.15) is 6.42 Å². The van der Waals surface area contributed by atoms with E-state index in [1.165, 1.54) is 0 Å². The third kappa shape index (κ3) is 3.37. The van der Waals surface area contributed by atoms with E-state index in [1.807, 2.05) is 7.05 Å². The monoisotopic (exact) mass is 216 g/mol. The lowest BCUT2D eigenvalue weighted by molar-refractivity contribution is 0.685. The van der Waals surface area contributed by atoms with E-state index in [4.69, 9.17) is 5.73 Å². The predicted octanol–water partition coefficient (Wildman–Crippen LogP) is 0.183. The van der Waals surface area contributed by atoms with Crippen LogP contribution in [0.5, 0.6) is 0 Å². The molecule has 0 spiro atoms. The van der Waals surface area contributed by atoms with Gasteiger partial charge in [0.2, 0.25) is 0 Å². The van der Waals surface area contributed by atoms with Crippen LogP contribution >= 0.6 is 0 Å². The Kier molecular flexibility index (Phi) is 3.94. The quantitative estimate of drug-likeness (QED) is 0.689. The van der Waals surface area contributed by atoms with Gasteiger partial charge in [-0.1, -0.05) is 0 Å².